The molecule has 15 heavy (non-hydrogen) atoms. The maximum atomic E-state index is 5.50. The number of unbranched alkanes of at least 4 members (excludes halogenated alkanes) is 3. The van der Waals surface area contributed by atoms with Crippen molar-refractivity contribution in [2.24, 2.45) is 5.73 Å². The first-order valence-electron chi connectivity index (χ1n) is 6.65. The van der Waals surface area contributed by atoms with Gasteiger partial charge in [0.05, 0.1) is 8.07 Å². The Labute approximate surface area is 97.8 Å². The van der Waals surface area contributed by atoms with Gasteiger partial charge in [-0.2, -0.15) is 0 Å². The highest BCUT2D eigenvalue weighted by molar-refractivity contribution is 6.81. The molecule has 92 valence electrons. The Bertz CT molecular complexity index is 147. The van der Waals surface area contributed by atoms with Crippen LogP contribution in [-0.2, 0) is 0 Å². The van der Waals surface area contributed by atoms with Crippen LogP contribution in [0.3, 0.4) is 0 Å². The predicted octanol–water partition coefficient (Wildman–Crippen LogP) is 4.40. The Morgan fingerprint density at radius 3 is 1.73 bits per heavy atom. The van der Waals surface area contributed by atoms with Gasteiger partial charge < -0.3 is 5.73 Å². The van der Waals surface area contributed by atoms with E-state index in [0.29, 0.717) is 0 Å². The fraction of sp³-hybridized carbons (Fsp3) is 1.00. The Balaban J connectivity index is 3.88. The molecule has 0 radical (unpaired) electrons. The SMILES string of the molecule is CC(C)[Si](C)(CCCCCCN)C(C)C. The number of hydrogen-bond donors (Lipinski definition) is 1. The first-order chi connectivity index (χ1) is 6.95. The average Bonchev–Trinajstić information content (AvgIpc) is 2.16. The van der Waals surface area contributed by atoms with Crippen molar-refractivity contribution >= 4 is 8.07 Å². The minimum atomic E-state index is -0.996. The topological polar surface area (TPSA) is 26.0 Å². The second-order valence-electron chi connectivity index (χ2n) is 5.77. The van der Waals surface area contributed by atoms with Crippen molar-refractivity contribution in [2.75, 3.05) is 6.54 Å². The van der Waals surface area contributed by atoms with Gasteiger partial charge in [0.25, 0.3) is 0 Å². The van der Waals surface area contributed by atoms with Crippen LogP contribution in [0.1, 0.15) is 53.4 Å². The third-order valence-corrected chi connectivity index (χ3v) is 11.0. The summed E-state index contributed by atoms with van der Waals surface area (Å²) >= 11 is 0. The van der Waals surface area contributed by atoms with Gasteiger partial charge in [0.1, 0.15) is 0 Å². The lowest BCUT2D eigenvalue weighted by Gasteiger charge is -2.36. The van der Waals surface area contributed by atoms with Crippen molar-refractivity contribution in [2.45, 2.75) is 77.1 Å². The molecule has 0 bridgehead atoms. The Morgan fingerprint density at radius 1 is 0.867 bits per heavy atom. The predicted molar refractivity (Wildman–Crippen MR) is 74.1 cm³/mol. The van der Waals surface area contributed by atoms with E-state index in [-0.39, 0.29) is 0 Å². The highest BCUT2D eigenvalue weighted by Gasteiger charge is 2.33. The van der Waals surface area contributed by atoms with Crippen molar-refractivity contribution in [3.8, 4) is 0 Å². The highest BCUT2D eigenvalue weighted by Crippen LogP contribution is 2.37. The molecule has 0 aliphatic heterocycles. The Hall–Kier alpha value is 0.177. The second-order valence-corrected chi connectivity index (χ2v) is 11.6. The molecule has 0 spiro atoms. The molecular weight excluding hydrogens is 198 g/mol. The van der Waals surface area contributed by atoms with E-state index < -0.39 is 8.07 Å². The summed E-state index contributed by atoms with van der Waals surface area (Å²) in [5.74, 6) is 0. The minimum Gasteiger partial charge on any atom is -0.330 e. The molecule has 0 saturated carbocycles. The minimum absolute atomic E-state index is 0.864. The lowest BCUT2D eigenvalue weighted by Crippen LogP contribution is -2.37. The number of rotatable bonds is 8. The molecule has 0 aliphatic carbocycles. The summed E-state index contributed by atoms with van der Waals surface area (Å²) in [6.45, 7) is 13.1. The van der Waals surface area contributed by atoms with Gasteiger partial charge in [-0.15, -0.1) is 0 Å². The van der Waals surface area contributed by atoms with E-state index in [1.807, 2.05) is 0 Å². The van der Waals surface area contributed by atoms with E-state index in [4.69, 9.17) is 5.73 Å². The molecule has 0 amide bonds. The molecule has 0 aromatic carbocycles. The van der Waals surface area contributed by atoms with Crippen molar-refractivity contribution in [3.05, 3.63) is 0 Å². The highest BCUT2D eigenvalue weighted by atomic mass is 28.3. The molecule has 0 unspecified atom stereocenters. The van der Waals surface area contributed by atoms with Crippen LogP contribution in [0.25, 0.3) is 0 Å². The Morgan fingerprint density at radius 2 is 1.33 bits per heavy atom. The van der Waals surface area contributed by atoms with E-state index in [1.165, 1.54) is 31.7 Å². The van der Waals surface area contributed by atoms with E-state index in [0.717, 1.165) is 17.6 Å². The first kappa shape index (κ1) is 15.2. The molecule has 0 heterocycles. The zero-order valence-corrected chi connectivity index (χ0v) is 12.5. The van der Waals surface area contributed by atoms with Crippen LogP contribution in [0, 0.1) is 0 Å². The zero-order valence-electron chi connectivity index (χ0n) is 11.5. The van der Waals surface area contributed by atoms with E-state index in [2.05, 4.69) is 34.2 Å². The summed E-state index contributed by atoms with van der Waals surface area (Å²) in [4.78, 5) is 0. The van der Waals surface area contributed by atoms with Crippen molar-refractivity contribution < 1.29 is 0 Å². The molecule has 2 N–H and O–H groups in total. The van der Waals surface area contributed by atoms with Gasteiger partial charge in [0.2, 0.25) is 0 Å². The molecule has 0 rings (SSSR count). The third kappa shape index (κ3) is 5.16. The van der Waals surface area contributed by atoms with Gasteiger partial charge in [-0.3, -0.25) is 0 Å². The Kier molecular flexibility index (Phi) is 7.54. The van der Waals surface area contributed by atoms with Gasteiger partial charge in [-0.05, 0) is 13.0 Å². The van der Waals surface area contributed by atoms with Crippen LogP contribution in [0.15, 0.2) is 0 Å². The van der Waals surface area contributed by atoms with E-state index >= 15 is 0 Å². The number of hydrogen-bond acceptors (Lipinski definition) is 1. The smallest absolute Gasteiger partial charge is 0.0556 e. The summed E-state index contributed by atoms with van der Waals surface area (Å²) in [5, 5.41) is 0. The standard InChI is InChI=1S/C13H31NSi/c1-12(2)15(5,13(3)4)11-9-7-6-8-10-14/h12-13H,6-11,14H2,1-5H3. The summed E-state index contributed by atoms with van der Waals surface area (Å²) in [5.41, 5.74) is 7.35. The normalized spacial score (nSPS) is 12.8. The summed E-state index contributed by atoms with van der Waals surface area (Å²) in [6, 6.07) is 1.51. The average molecular weight is 229 g/mol. The van der Waals surface area contributed by atoms with Crippen molar-refractivity contribution in [3.63, 3.8) is 0 Å². The monoisotopic (exact) mass is 229 g/mol. The molecule has 1 nitrogen and oxygen atoms in total. The zero-order chi connectivity index (χ0) is 11.9. The molecule has 0 aromatic rings. The summed E-state index contributed by atoms with van der Waals surface area (Å²) < 4.78 is 0. The van der Waals surface area contributed by atoms with E-state index in [9.17, 15) is 0 Å². The van der Waals surface area contributed by atoms with Gasteiger partial charge >= 0.3 is 0 Å². The van der Waals surface area contributed by atoms with Crippen LogP contribution < -0.4 is 5.73 Å². The van der Waals surface area contributed by atoms with Crippen LogP contribution in [0.4, 0.5) is 0 Å². The lowest BCUT2D eigenvalue weighted by molar-refractivity contribution is 0.664. The third-order valence-electron chi connectivity index (χ3n) is 4.31. The van der Waals surface area contributed by atoms with Gasteiger partial charge in [-0.1, -0.05) is 70.6 Å². The van der Waals surface area contributed by atoms with Crippen LogP contribution in [0.5, 0.6) is 0 Å². The quantitative estimate of drug-likeness (QED) is 0.484. The van der Waals surface area contributed by atoms with Gasteiger partial charge in [0, 0.05) is 0 Å². The van der Waals surface area contributed by atoms with Gasteiger partial charge in [0.15, 0.2) is 0 Å². The fourth-order valence-electron chi connectivity index (χ4n) is 2.25. The van der Waals surface area contributed by atoms with E-state index in [1.54, 1.807) is 0 Å². The maximum absolute atomic E-state index is 5.50. The molecule has 0 atom stereocenters. The van der Waals surface area contributed by atoms with Crippen molar-refractivity contribution in [1.82, 2.24) is 0 Å². The lowest BCUT2D eigenvalue weighted by atomic mass is 10.2. The molecular formula is C13H31NSi. The van der Waals surface area contributed by atoms with Crippen LogP contribution in [-0.4, -0.2) is 14.6 Å². The first-order valence-corrected chi connectivity index (χ1v) is 9.51. The van der Waals surface area contributed by atoms with Gasteiger partial charge in [-0.25, -0.2) is 0 Å². The molecule has 2 heteroatoms. The van der Waals surface area contributed by atoms with Crippen LogP contribution in [0.2, 0.25) is 23.7 Å². The molecule has 0 aliphatic rings. The molecule has 0 aromatic heterocycles. The largest absolute Gasteiger partial charge is 0.330 e. The number of nitrogens with two attached hydrogens (primary N) is 1. The fourth-order valence-corrected chi connectivity index (χ4v) is 5.75. The van der Waals surface area contributed by atoms with Crippen LogP contribution >= 0.6 is 0 Å². The molecule has 0 fully saturated rings. The summed E-state index contributed by atoms with van der Waals surface area (Å²) in [6.07, 6.45) is 5.36. The molecule has 0 saturated heterocycles. The maximum Gasteiger partial charge on any atom is 0.0556 e. The summed E-state index contributed by atoms with van der Waals surface area (Å²) in [7, 11) is -0.996. The van der Waals surface area contributed by atoms with Crippen molar-refractivity contribution in [1.29, 1.82) is 0 Å². The second kappa shape index (κ2) is 7.45.